The number of carbonyl (C=O) groups is 1. The fraction of sp³-hybridized carbons (Fsp3) is 0.414. The molecule has 0 spiro atoms. The van der Waals surface area contributed by atoms with E-state index in [0.29, 0.717) is 17.3 Å². The number of aliphatic hydroxyl groups is 2. The molecule has 10 nitrogen and oxygen atoms in total. The second-order valence-corrected chi connectivity index (χ2v) is 10.7. The molecule has 41 heavy (non-hydrogen) atoms. The van der Waals surface area contributed by atoms with E-state index in [-0.39, 0.29) is 42.1 Å². The van der Waals surface area contributed by atoms with E-state index in [4.69, 9.17) is 0 Å². The molecule has 4 aromatic rings. The standard InChI is InChI=1S/C29H31F2N7O3/c1-2-17-11-32-29(33-12-17)36-7-5-20(6-8-36)38-13-22(31)26-23(34-16-35-27(26)38)10-18-3-4-19(9-21(18)30)28(41)37-14-24(39)25(40)15-37/h3-4,9,11-13,16,20,24-25,39-40H,2,5-8,10,14-15H2,1H3/t24-,25-/m0/s1. The number of benzene rings is 1. The van der Waals surface area contributed by atoms with Gasteiger partial charge in [-0.1, -0.05) is 13.0 Å². The summed E-state index contributed by atoms with van der Waals surface area (Å²) in [5, 5.41) is 19.7. The minimum atomic E-state index is -1.02. The molecule has 2 atom stereocenters. The molecule has 1 amide bonds. The van der Waals surface area contributed by atoms with Gasteiger partial charge in [0.15, 0.2) is 5.82 Å². The third-order valence-corrected chi connectivity index (χ3v) is 8.09. The zero-order chi connectivity index (χ0) is 28.7. The number of fused-ring (bicyclic) bond motifs is 1. The summed E-state index contributed by atoms with van der Waals surface area (Å²) < 4.78 is 32.3. The Hall–Kier alpha value is -4.03. The highest BCUT2D eigenvalue weighted by molar-refractivity contribution is 5.94. The molecule has 2 aliphatic heterocycles. The van der Waals surface area contributed by atoms with Crippen LogP contribution >= 0.6 is 0 Å². The second-order valence-electron chi connectivity index (χ2n) is 10.7. The van der Waals surface area contributed by atoms with Crippen LogP contribution in [0.2, 0.25) is 0 Å². The summed E-state index contributed by atoms with van der Waals surface area (Å²) in [5.41, 5.74) is 2.28. The summed E-state index contributed by atoms with van der Waals surface area (Å²) in [6.07, 6.45) is 6.89. The van der Waals surface area contributed by atoms with Crippen molar-refractivity contribution in [2.75, 3.05) is 31.1 Å². The van der Waals surface area contributed by atoms with Gasteiger partial charge in [0.1, 0.15) is 17.8 Å². The van der Waals surface area contributed by atoms with Gasteiger partial charge in [0.25, 0.3) is 5.91 Å². The molecule has 0 radical (unpaired) electrons. The van der Waals surface area contributed by atoms with Gasteiger partial charge in [-0.2, -0.15) is 0 Å². The van der Waals surface area contributed by atoms with Crippen molar-refractivity contribution >= 4 is 22.9 Å². The summed E-state index contributed by atoms with van der Waals surface area (Å²) in [7, 11) is 0. The van der Waals surface area contributed by atoms with Crippen molar-refractivity contribution in [1.82, 2.24) is 29.4 Å². The molecular weight excluding hydrogens is 532 g/mol. The lowest BCUT2D eigenvalue weighted by Crippen LogP contribution is -2.35. The monoisotopic (exact) mass is 563 g/mol. The third kappa shape index (κ3) is 5.24. The molecule has 0 saturated carbocycles. The van der Waals surface area contributed by atoms with Crippen LogP contribution in [0.3, 0.4) is 0 Å². The number of aryl methyl sites for hydroxylation is 1. The Morgan fingerprint density at radius 2 is 1.71 bits per heavy atom. The number of hydrogen-bond donors (Lipinski definition) is 2. The highest BCUT2D eigenvalue weighted by Crippen LogP contribution is 2.31. The van der Waals surface area contributed by atoms with Gasteiger partial charge in [0, 0.05) is 62.8 Å². The van der Waals surface area contributed by atoms with Gasteiger partial charge in [0.05, 0.1) is 23.3 Å². The van der Waals surface area contributed by atoms with E-state index in [1.807, 2.05) is 17.0 Å². The lowest BCUT2D eigenvalue weighted by molar-refractivity contribution is 0.0572. The average Bonchev–Trinajstić information content (AvgIpc) is 3.52. The predicted octanol–water partition coefficient (Wildman–Crippen LogP) is 2.67. The number of nitrogens with zero attached hydrogens (tertiary/aromatic N) is 7. The highest BCUT2D eigenvalue weighted by atomic mass is 19.1. The highest BCUT2D eigenvalue weighted by Gasteiger charge is 2.33. The Kier molecular flexibility index (Phi) is 7.35. The second kappa shape index (κ2) is 11.1. The van der Waals surface area contributed by atoms with Crippen molar-refractivity contribution in [3.8, 4) is 0 Å². The van der Waals surface area contributed by atoms with Crippen LogP contribution in [0.1, 0.15) is 53.0 Å². The Morgan fingerprint density at radius 3 is 2.37 bits per heavy atom. The number of β-amino-alcohol motifs (C(OH)–C–C–N with tert-alkyl or cyclic N) is 2. The van der Waals surface area contributed by atoms with Crippen LogP contribution in [0.25, 0.3) is 11.0 Å². The molecule has 0 unspecified atom stereocenters. The van der Waals surface area contributed by atoms with Crippen molar-refractivity contribution in [1.29, 1.82) is 0 Å². The number of piperidine rings is 1. The summed E-state index contributed by atoms with van der Waals surface area (Å²) >= 11 is 0. The van der Waals surface area contributed by atoms with Crippen molar-refractivity contribution in [2.24, 2.45) is 0 Å². The van der Waals surface area contributed by atoms with Gasteiger partial charge in [-0.15, -0.1) is 0 Å². The molecule has 0 aliphatic carbocycles. The fourth-order valence-electron chi connectivity index (χ4n) is 5.67. The molecule has 214 valence electrons. The maximum atomic E-state index is 15.3. The molecule has 6 rings (SSSR count). The molecule has 12 heteroatoms. The van der Waals surface area contributed by atoms with E-state index in [2.05, 4.69) is 31.8 Å². The van der Waals surface area contributed by atoms with E-state index in [1.54, 1.807) is 0 Å². The first-order chi connectivity index (χ1) is 19.8. The number of aromatic nitrogens is 5. The first-order valence-corrected chi connectivity index (χ1v) is 13.8. The number of halogens is 2. The van der Waals surface area contributed by atoms with E-state index >= 15 is 8.78 Å². The molecule has 2 saturated heterocycles. The number of anilines is 1. The Morgan fingerprint density at radius 1 is 1.00 bits per heavy atom. The van der Waals surface area contributed by atoms with Crippen molar-refractivity contribution in [2.45, 2.75) is 50.9 Å². The van der Waals surface area contributed by atoms with Gasteiger partial charge < -0.3 is 24.6 Å². The van der Waals surface area contributed by atoms with Crippen LogP contribution in [-0.2, 0) is 12.8 Å². The molecular formula is C29H31F2N7O3. The largest absolute Gasteiger partial charge is 0.388 e. The molecule has 1 aromatic carbocycles. The zero-order valence-corrected chi connectivity index (χ0v) is 22.6. The van der Waals surface area contributed by atoms with Crippen LogP contribution in [-0.4, -0.2) is 83.9 Å². The number of carbonyl (C=O) groups excluding carboxylic acids is 1. The summed E-state index contributed by atoms with van der Waals surface area (Å²) in [6, 6.07) is 4.13. The van der Waals surface area contributed by atoms with Gasteiger partial charge in [-0.25, -0.2) is 28.7 Å². The van der Waals surface area contributed by atoms with E-state index < -0.39 is 29.7 Å². The third-order valence-electron chi connectivity index (χ3n) is 8.09. The lowest BCUT2D eigenvalue weighted by Gasteiger charge is -2.32. The van der Waals surface area contributed by atoms with Crippen LogP contribution in [0.5, 0.6) is 0 Å². The van der Waals surface area contributed by atoms with Crippen LogP contribution in [0.15, 0.2) is 43.1 Å². The smallest absolute Gasteiger partial charge is 0.254 e. The Bertz CT molecular complexity index is 1560. The first kappa shape index (κ1) is 27.2. The van der Waals surface area contributed by atoms with Crippen LogP contribution < -0.4 is 4.90 Å². The maximum Gasteiger partial charge on any atom is 0.254 e. The van der Waals surface area contributed by atoms with E-state index in [0.717, 1.165) is 44.0 Å². The average molecular weight is 564 g/mol. The van der Waals surface area contributed by atoms with Gasteiger partial charge in [-0.3, -0.25) is 4.79 Å². The van der Waals surface area contributed by atoms with Gasteiger partial charge in [0.2, 0.25) is 5.95 Å². The number of likely N-dealkylation sites (tertiary alicyclic amines) is 1. The molecule has 2 aliphatic rings. The van der Waals surface area contributed by atoms with Crippen molar-refractivity contribution in [3.63, 3.8) is 0 Å². The van der Waals surface area contributed by atoms with Crippen molar-refractivity contribution in [3.05, 3.63) is 77.1 Å². The van der Waals surface area contributed by atoms with Gasteiger partial charge in [-0.05, 0) is 42.5 Å². The number of hydrogen-bond acceptors (Lipinski definition) is 8. The summed E-state index contributed by atoms with van der Waals surface area (Å²) in [4.78, 5) is 33.7. The molecule has 5 heterocycles. The first-order valence-electron chi connectivity index (χ1n) is 13.8. The minimum absolute atomic E-state index is 0.0165. The molecule has 0 bridgehead atoms. The quantitative estimate of drug-likeness (QED) is 0.368. The van der Waals surface area contributed by atoms with Gasteiger partial charge >= 0.3 is 0 Å². The Labute approximate surface area is 235 Å². The normalized spacial score (nSPS) is 19.8. The van der Waals surface area contributed by atoms with Crippen LogP contribution in [0.4, 0.5) is 14.7 Å². The molecule has 3 aromatic heterocycles. The Balaban J connectivity index is 1.18. The predicted molar refractivity (Wildman–Crippen MR) is 147 cm³/mol. The van der Waals surface area contributed by atoms with E-state index in [9.17, 15) is 15.0 Å². The number of rotatable bonds is 6. The van der Waals surface area contributed by atoms with E-state index in [1.165, 1.54) is 29.6 Å². The fourth-order valence-corrected chi connectivity index (χ4v) is 5.67. The number of aliphatic hydroxyl groups excluding tert-OH is 2. The minimum Gasteiger partial charge on any atom is -0.388 e. The van der Waals surface area contributed by atoms with Crippen LogP contribution in [0, 0.1) is 11.6 Å². The SMILES string of the molecule is CCc1cnc(N2CCC(n3cc(F)c4c(Cc5ccc(C(=O)N6C[C@H](O)[C@@H](O)C6)cc5F)ncnc43)CC2)nc1. The summed E-state index contributed by atoms with van der Waals surface area (Å²) in [6.45, 7) is 3.47. The van der Waals surface area contributed by atoms with Crippen molar-refractivity contribution < 1.29 is 23.8 Å². The molecule has 2 fully saturated rings. The number of amides is 1. The zero-order valence-electron chi connectivity index (χ0n) is 22.6. The maximum absolute atomic E-state index is 15.3. The topological polar surface area (TPSA) is 121 Å². The summed E-state index contributed by atoms with van der Waals surface area (Å²) in [5.74, 6) is -0.868. The molecule has 2 N–H and O–H groups in total. The lowest BCUT2D eigenvalue weighted by atomic mass is 10.0.